The Morgan fingerprint density at radius 2 is 1.75 bits per heavy atom. The first-order valence-corrected chi connectivity index (χ1v) is 6.21. The topological polar surface area (TPSA) is 38.5 Å². The number of nitrogens with zero attached hydrogens (tertiary/aromatic N) is 1. The molecule has 96 valence electrons. The summed E-state index contributed by atoms with van der Waals surface area (Å²) in [6.45, 7) is 13.7. The Labute approximate surface area is 100 Å². The van der Waals surface area contributed by atoms with Crippen molar-refractivity contribution in [3.8, 4) is 0 Å². The van der Waals surface area contributed by atoms with E-state index >= 15 is 0 Å². The number of rotatable bonds is 3. The molecule has 16 heavy (non-hydrogen) atoms. The number of ether oxygens (including phenoxy) is 1. The van der Waals surface area contributed by atoms with Gasteiger partial charge in [-0.05, 0) is 55.0 Å². The standard InChI is InChI=1S/C13H28N2O/c1-10(2)15(7)13(9-14)8-11(3,4)16-12(13,5)6/h10H,8-9,14H2,1-7H3. The monoisotopic (exact) mass is 228 g/mol. The second kappa shape index (κ2) is 3.97. The highest BCUT2D eigenvalue weighted by atomic mass is 16.5. The number of nitrogens with two attached hydrogens (primary N) is 1. The van der Waals surface area contributed by atoms with E-state index in [1.165, 1.54) is 0 Å². The van der Waals surface area contributed by atoms with Gasteiger partial charge in [0.25, 0.3) is 0 Å². The molecule has 1 aliphatic rings. The third-order valence-corrected chi connectivity index (χ3v) is 4.16. The summed E-state index contributed by atoms with van der Waals surface area (Å²) in [5.74, 6) is 0. The van der Waals surface area contributed by atoms with Gasteiger partial charge in [-0.15, -0.1) is 0 Å². The molecule has 1 saturated heterocycles. The Kier molecular flexibility index (Phi) is 3.46. The lowest BCUT2D eigenvalue weighted by atomic mass is 9.77. The first-order valence-electron chi connectivity index (χ1n) is 6.21. The quantitative estimate of drug-likeness (QED) is 0.803. The zero-order valence-electron chi connectivity index (χ0n) is 11.9. The van der Waals surface area contributed by atoms with Crippen LogP contribution in [0.3, 0.4) is 0 Å². The van der Waals surface area contributed by atoms with Gasteiger partial charge in [-0.3, -0.25) is 4.90 Å². The van der Waals surface area contributed by atoms with Gasteiger partial charge in [0.2, 0.25) is 0 Å². The van der Waals surface area contributed by atoms with Gasteiger partial charge in [-0.2, -0.15) is 0 Å². The molecule has 0 aromatic carbocycles. The van der Waals surface area contributed by atoms with Gasteiger partial charge in [0.15, 0.2) is 0 Å². The minimum atomic E-state index is -0.204. The van der Waals surface area contributed by atoms with Crippen LogP contribution in [-0.4, -0.2) is 41.3 Å². The van der Waals surface area contributed by atoms with Crippen LogP contribution in [-0.2, 0) is 4.74 Å². The summed E-state index contributed by atoms with van der Waals surface area (Å²) in [6.07, 6.45) is 0.984. The Balaban J connectivity index is 3.13. The normalized spacial score (nSPS) is 32.6. The molecule has 1 fully saturated rings. The largest absolute Gasteiger partial charge is 0.368 e. The van der Waals surface area contributed by atoms with E-state index in [2.05, 4.69) is 53.5 Å². The molecule has 0 bridgehead atoms. The average Bonchev–Trinajstić information content (AvgIpc) is 2.29. The molecule has 1 aliphatic heterocycles. The van der Waals surface area contributed by atoms with E-state index in [9.17, 15) is 0 Å². The fourth-order valence-electron chi connectivity index (χ4n) is 3.24. The highest BCUT2D eigenvalue weighted by Gasteiger charge is 2.58. The van der Waals surface area contributed by atoms with Crippen molar-refractivity contribution in [1.82, 2.24) is 4.90 Å². The fraction of sp³-hybridized carbons (Fsp3) is 1.00. The van der Waals surface area contributed by atoms with Crippen LogP contribution in [0.15, 0.2) is 0 Å². The molecule has 1 unspecified atom stereocenters. The molecular formula is C13H28N2O. The molecule has 2 N–H and O–H groups in total. The zero-order chi connectivity index (χ0) is 12.8. The van der Waals surface area contributed by atoms with Crippen molar-refractivity contribution in [2.45, 2.75) is 70.7 Å². The van der Waals surface area contributed by atoms with Crippen molar-refractivity contribution in [2.75, 3.05) is 13.6 Å². The molecule has 0 spiro atoms. The lowest BCUT2D eigenvalue weighted by molar-refractivity contribution is -0.104. The highest BCUT2D eigenvalue weighted by Crippen LogP contribution is 2.47. The highest BCUT2D eigenvalue weighted by molar-refractivity contribution is 5.13. The third kappa shape index (κ3) is 2.01. The molecule has 0 aliphatic carbocycles. The summed E-state index contributed by atoms with van der Waals surface area (Å²) in [5.41, 5.74) is 5.72. The summed E-state index contributed by atoms with van der Waals surface area (Å²) in [6, 6.07) is 0.473. The summed E-state index contributed by atoms with van der Waals surface area (Å²) < 4.78 is 6.19. The van der Waals surface area contributed by atoms with Crippen LogP contribution < -0.4 is 5.73 Å². The zero-order valence-corrected chi connectivity index (χ0v) is 11.9. The van der Waals surface area contributed by atoms with Crippen molar-refractivity contribution < 1.29 is 4.74 Å². The van der Waals surface area contributed by atoms with Gasteiger partial charge in [0, 0.05) is 12.6 Å². The van der Waals surface area contributed by atoms with Crippen LogP contribution in [0, 0.1) is 0 Å². The summed E-state index contributed by atoms with van der Waals surface area (Å²) in [4.78, 5) is 2.38. The lowest BCUT2D eigenvalue weighted by Gasteiger charge is -2.48. The van der Waals surface area contributed by atoms with Crippen molar-refractivity contribution >= 4 is 0 Å². The van der Waals surface area contributed by atoms with Crippen LogP contribution in [0.5, 0.6) is 0 Å². The SMILES string of the molecule is CC(C)N(C)C1(CN)CC(C)(C)OC1(C)C. The molecular weight excluding hydrogens is 200 g/mol. The van der Waals surface area contributed by atoms with E-state index in [1.807, 2.05) is 0 Å². The van der Waals surface area contributed by atoms with E-state index < -0.39 is 0 Å². The van der Waals surface area contributed by atoms with Crippen molar-refractivity contribution in [2.24, 2.45) is 5.73 Å². The first-order chi connectivity index (χ1) is 7.08. The van der Waals surface area contributed by atoms with E-state index in [1.54, 1.807) is 0 Å². The molecule has 0 saturated carbocycles. The first kappa shape index (κ1) is 13.9. The van der Waals surface area contributed by atoms with E-state index in [4.69, 9.17) is 10.5 Å². The summed E-state index contributed by atoms with van der Waals surface area (Å²) in [5, 5.41) is 0. The Morgan fingerprint density at radius 3 is 2.00 bits per heavy atom. The van der Waals surface area contributed by atoms with Gasteiger partial charge >= 0.3 is 0 Å². The molecule has 0 aromatic rings. The second-order valence-electron chi connectivity index (χ2n) is 6.49. The maximum absolute atomic E-state index is 6.19. The van der Waals surface area contributed by atoms with E-state index in [-0.39, 0.29) is 16.7 Å². The van der Waals surface area contributed by atoms with Crippen molar-refractivity contribution in [3.63, 3.8) is 0 Å². The molecule has 3 nitrogen and oxygen atoms in total. The Morgan fingerprint density at radius 1 is 1.25 bits per heavy atom. The maximum atomic E-state index is 6.19. The molecule has 0 amide bonds. The minimum absolute atomic E-state index is 0.0648. The Bertz CT molecular complexity index is 261. The summed E-state index contributed by atoms with van der Waals surface area (Å²) in [7, 11) is 2.16. The van der Waals surface area contributed by atoms with Crippen molar-refractivity contribution in [3.05, 3.63) is 0 Å². The van der Waals surface area contributed by atoms with Crippen LogP contribution in [0.1, 0.15) is 48.0 Å². The molecule has 1 atom stereocenters. The fourth-order valence-corrected chi connectivity index (χ4v) is 3.24. The van der Waals surface area contributed by atoms with Crippen molar-refractivity contribution in [1.29, 1.82) is 0 Å². The molecule has 3 heteroatoms. The number of likely N-dealkylation sites (N-methyl/N-ethyl adjacent to an activating group) is 1. The van der Waals surface area contributed by atoms with Gasteiger partial charge in [0.1, 0.15) is 0 Å². The van der Waals surface area contributed by atoms with Crippen LogP contribution in [0.25, 0.3) is 0 Å². The average molecular weight is 228 g/mol. The van der Waals surface area contributed by atoms with Gasteiger partial charge in [-0.1, -0.05) is 0 Å². The minimum Gasteiger partial charge on any atom is -0.368 e. The number of hydrogen-bond acceptors (Lipinski definition) is 3. The summed E-state index contributed by atoms with van der Waals surface area (Å²) >= 11 is 0. The third-order valence-electron chi connectivity index (χ3n) is 4.16. The predicted octanol–water partition coefficient (Wildman–Crippen LogP) is 2.00. The molecule has 0 radical (unpaired) electrons. The maximum Gasteiger partial charge on any atom is 0.0830 e. The van der Waals surface area contributed by atoms with Gasteiger partial charge in [-0.25, -0.2) is 0 Å². The van der Waals surface area contributed by atoms with Gasteiger partial charge in [0.05, 0.1) is 16.7 Å². The molecule has 1 rings (SSSR count). The lowest BCUT2D eigenvalue weighted by Crippen LogP contribution is -2.63. The van der Waals surface area contributed by atoms with Crippen LogP contribution in [0.2, 0.25) is 0 Å². The van der Waals surface area contributed by atoms with E-state index in [0.29, 0.717) is 12.6 Å². The molecule has 1 heterocycles. The Hall–Kier alpha value is -0.120. The predicted molar refractivity (Wildman–Crippen MR) is 68.5 cm³/mol. The van der Waals surface area contributed by atoms with Crippen LogP contribution in [0.4, 0.5) is 0 Å². The van der Waals surface area contributed by atoms with E-state index in [0.717, 1.165) is 6.42 Å². The van der Waals surface area contributed by atoms with Gasteiger partial charge < -0.3 is 10.5 Å². The smallest absolute Gasteiger partial charge is 0.0830 e. The van der Waals surface area contributed by atoms with Crippen LogP contribution >= 0.6 is 0 Å². The number of hydrogen-bond donors (Lipinski definition) is 1. The molecule has 0 aromatic heterocycles. The second-order valence-corrected chi connectivity index (χ2v) is 6.49.